The third-order valence-electron chi connectivity index (χ3n) is 3.61. The summed E-state index contributed by atoms with van der Waals surface area (Å²) < 4.78 is 4.83. The van der Waals surface area contributed by atoms with Crippen molar-refractivity contribution in [1.29, 1.82) is 0 Å². The average Bonchev–Trinajstić information content (AvgIpc) is 2.71. The zero-order chi connectivity index (χ0) is 21.2. The van der Waals surface area contributed by atoms with Gasteiger partial charge in [-0.05, 0) is 49.4 Å². The molecule has 0 fully saturated rings. The van der Waals surface area contributed by atoms with E-state index in [4.69, 9.17) is 16.3 Å². The number of halogens is 1. The minimum absolute atomic E-state index is 0.258. The van der Waals surface area contributed by atoms with E-state index in [9.17, 15) is 19.2 Å². The Morgan fingerprint density at radius 2 is 1.62 bits per heavy atom. The fourth-order valence-corrected chi connectivity index (χ4v) is 2.38. The Balaban J connectivity index is 1.76. The number of benzene rings is 2. The van der Waals surface area contributed by atoms with E-state index in [2.05, 4.69) is 16.0 Å². The first-order chi connectivity index (χ1) is 13.9. The van der Waals surface area contributed by atoms with Crippen molar-refractivity contribution < 1.29 is 23.9 Å². The van der Waals surface area contributed by atoms with Crippen LogP contribution in [0.4, 0.5) is 5.69 Å². The minimum Gasteiger partial charge on any atom is -0.454 e. The van der Waals surface area contributed by atoms with E-state index < -0.39 is 24.4 Å². The maximum Gasteiger partial charge on any atom is 0.325 e. The van der Waals surface area contributed by atoms with Crippen LogP contribution >= 0.6 is 11.6 Å². The van der Waals surface area contributed by atoms with Gasteiger partial charge in [0.1, 0.15) is 6.54 Å². The summed E-state index contributed by atoms with van der Waals surface area (Å²) in [4.78, 5) is 47.3. The van der Waals surface area contributed by atoms with Gasteiger partial charge in [-0.25, -0.2) is 0 Å². The number of carbonyl (C=O) groups is 4. The lowest BCUT2D eigenvalue weighted by Crippen LogP contribution is -2.32. The van der Waals surface area contributed by atoms with Crippen LogP contribution in [0.1, 0.15) is 27.6 Å². The van der Waals surface area contributed by atoms with Crippen LogP contribution in [0.3, 0.4) is 0 Å². The smallest absolute Gasteiger partial charge is 0.325 e. The number of esters is 1. The number of nitrogens with one attached hydrogen (secondary N) is 3. The summed E-state index contributed by atoms with van der Waals surface area (Å²) in [6.07, 6.45) is 0. The van der Waals surface area contributed by atoms with Gasteiger partial charge in [-0.15, -0.1) is 0 Å². The van der Waals surface area contributed by atoms with Gasteiger partial charge in [0.05, 0.1) is 0 Å². The van der Waals surface area contributed by atoms with Gasteiger partial charge < -0.3 is 20.7 Å². The predicted molar refractivity (Wildman–Crippen MR) is 108 cm³/mol. The predicted octanol–water partition coefficient (Wildman–Crippen LogP) is 2.00. The third kappa shape index (κ3) is 7.27. The van der Waals surface area contributed by atoms with Gasteiger partial charge in [0.2, 0.25) is 0 Å². The van der Waals surface area contributed by atoms with E-state index in [1.165, 1.54) is 18.2 Å². The molecule has 0 aliphatic rings. The van der Waals surface area contributed by atoms with Gasteiger partial charge in [-0.3, -0.25) is 19.2 Å². The summed E-state index contributed by atoms with van der Waals surface area (Å²) in [7, 11) is 0. The van der Waals surface area contributed by atoms with E-state index >= 15 is 0 Å². The van der Waals surface area contributed by atoms with Gasteiger partial charge in [0.15, 0.2) is 6.61 Å². The Bertz CT molecular complexity index is 899. The Hall–Kier alpha value is -3.39. The summed E-state index contributed by atoms with van der Waals surface area (Å²) in [6.45, 7) is 1.37. The number of hydrogen-bond acceptors (Lipinski definition) is 5. The SMILES string of the molecule is CCNC(=O)c1cccc(NC(=O)COC(=O)CNC(=O)c2ccc(Cl)cc2)c1. The second kappa shape index (κ2) is 10.8. The molecule has 0 atom stereocenters. The van der Waals surface area contributed by atoms with E-state index in [0.717, 1.165) is 0 Å². The van der Waals surface area contributed by atoms with Gasteiger partial charge in [0, 0.05) is 28.4 Å². The molecule has 0 aliphatic heterocycles. The number of amides is 3. The van der Waals surface area contributed by atoms with Gasteiger partial charge in [-0.1, -0.05) is 17.7 Å². The highest BCUT2D eigenvalue weighted by atomic mass is 35.5. The molecule has 0 unspecified atom stereocenters. The number of ether oxygens (including phenoxy) is 1. The van der Waals surface area contributed by atoms with Crippen LogP contribution in [0.5, 0.6) is 0 Å². The molecule has 0 aliphatic carbocycles. The van der Waals surface area contributed by atoms with Gasteiger partial charge in [-0.2, -0.15) is 0 Å². The highest BCUT2D eigenvalue weighted by Crippen LogP contribution is 2.11. The van der Waals surface area contributed by atoms with Crippen molar-refractivity contribution in [3.05, 3.63) is 64.7 Å². The number of carbonyl (C=O) groups excluding carboxylic acids is 4. The first kappa shape index (κ1) is 21.9. The second-order valence-electron chi connectivity index (χ2n) is 5.84. The molecule has 0 saturated carbocycles. The molecule has 2 rings (SSSR count). The fraction of sp³-hybridized carbons (Fsp3) is 0.200. The largest absolute Gasteiger partial charge is 0.454 e. The molecule has 3 N–H and O–H groups in total. The number of hydrogen-bond donors (Lipinski definition) is 3. The van der Waals surface area contributed by atoms with E-state index in [1.807, 2.05) is 0 Å². The van der Waals surface area contributed by atoms with Crippen LogP contribution in [-0.4, -0.2) is 43.4 Å². The molecule has 9 heteroatoms. The molecule has 2 aromatic carbocycles. The van der Waals surface area contributed by atoms with Crippen molar-refractivity contribution in [3.63, 3.8) is 0 Å². The molecule has 0 heterocycles. The van der Waals surface area contributed by atoms with Crippen LogP contribution in [0.2, 0.25) is 5.02 Å². The molecule has 2 aromatic rings. The van der Waals surface area contributed by atoms with Crippen LogP contribution in [0.25, 0.3) is 0 Å². The molecule has 0 aromatic heterocycles. The molecule has 152 valence electrons. The summed E-state index contributed by atoms with van der Waals surface area (Å²) in [5, 5.41) is 8.07. The summed E-state index contributed by atoms with van der Waals surface area (Å²) >= 11 is 5.75. The van der Waals surface area contributed by atoms with Crippen LogP contribution in [0, 0.1) is 0 Å². The first-order valence-corrected chi connectivity index (χ1v) is 9.14. The lowest BCUT2D eigenvalue weighted by molar-refractivity contribution is -0.146. The van der Waals surface area contributed by atoms with E-state index in [1.54, 1.807) is 37.3 Å². The standard InChI is InChI=1S/C20H20ClN3O5/c1-2-22-20(28)14-4-3-5-16(10-14)24-17(25)12-29-18(26)11-23-19(27)13-6-8-15(21)9-7-13/h3-10H,2,11-12H2,1H3,(H,22,28)(H,23,27)(H,24,25). The summed E-state index contributed by atoms with van der Waals surface area (Å²) in [5.74, 6) is -2.06. The molecule has 3 amide bonds. The maximum absolute atomic E-state index is 11.9. The lowest BCUT2D eigenvalue weighted by Gasteiger charge is -2.09. The Kier molecular flexibility index (Phi) is 8.17. The highest BCUT2D eigenvalue weighted by molar-refractivity contribution is 6.30. The summed E-state index contributed by atoms with van der Waals surface area (Å²) in [5.41, 5.74) is 1.13. The van der Waals surface area contributed by atoms with Crippen molar-refractivity contribution in [2.24, 2.45) is 0 Å². The van der Waals surface area contributed by atoms with Crippen molar-refractivity contribution >= 4 is 41.0 Å². The minimum atomic E-state index is -0.765. The quantitative estimate of drug-likeness (QED) is 0.568. The Morgan fingerprint density at radius 1 is 0.931 bits per heavy atom. The lowest BCUT2D eigenvalue weighted by atomic mass is 10.2. The Labute approximate surface area is 172 Å². The average molecular weight is 418 g/mol. The maximum atomic E-state index is 11.9. The van der Waals surface area contributed by atoms with Crippen molar-refractivity contribution in [3.8, 4) is 0 Å². The fourth-order valence-electron chi connectivity index (χ4n) is 2.25. The monoisotopic (exact) mass is 417 g/mol. The third-order valence-corrected chi connectivity index (χ3v) is 3.86. The van der Waals surface area contributed by atoms with Crippen LogP contribution < -0.4 is 16.0 Å². The second-order valence-corrected chi connectivity index (χ2v) is 6.28. The van der Waals surface area contributed by atoms with Crippen LogP contribution in [-0.2, 0) is 14.3 Å². The molecule has 8 nitrogen and oxygen atoms in total. The van der Waals surface area contributed by atoms with E-state index in [0.29, 0.717) is 28.4 Å². The zero-order valence-electron chi connectivity index (χ0n) is 15.7. The van der Waals surface area contributed by atoms with Crippen LogP contribution in [0.15, 0.2) is 48.5 Å². The Morgan fingerprint density at radius 3 is 2.31 bits per heavy atom. The number of rotatable bonds is 8. The zero-order valence-corrected chi connectivity index (χ0v) is 16.4. The molecule has 0 bridgehead atoms. The number of anilines is 1. The molecule has 0 radical (unpaired) electrons. The molecule has 0 saturated heterocycles. The normalized spacial score (nSPS) is 10.0. The van der Waals surface area contributed by atoms with Crippen molar-refractivity contribution in [1.82, 2.24) is 10.6 Å². The molecule has 0 spiro atoms. The van der Waals surface area contributed by atoms with Gasteiger partial charge >= 0.3 is 5.97 Å². The highest BCUT2D eigenvalue weighted by Gasteiger charge is 2.12. The summed E-state index contributed by atoms with van der Waals surface area (Å²) in [6, 6.07) is 12.5. The molecular formula is C20H20ClN3O5. The van der Waals surface area contributed by atoms with E-state index in [-0.39, 0.29) is 12.5 Å². The molecular weight excluding hydrogens is 398 g/mol. The van der Waals surface area contributed by atoms with Crippen molar-refractivity contribution in [2.75, 3.05) is 25.0 Å². The first-order valence-electron chi connectivity index (χ1n) is 8.76. The van der Waals surface area contributed by atoms with Gasteiger partial charge in [0.25, 0.3) is 17.7 Å². The van der Waals surface area contributed by atoms with Crippen molar-refractivity contribution in [2.45, 2.75) is 6.92 Å². The topological polar surface area (TPSA) is 114 Å². The molecule has 29 heavy (non-hydrogen) atoms.